The Labute approximate surface area is 143 Å². The smallest absolute Gasteiger partial charge is 0.395 e. The highest BCUT2D eigenvalue weighted by Gasteiger charge is 2.46. The van der Waals surface area contributed by atoms with E-state index in [1.807, 2.05) is 13.8 Å². The molecule has 1 aromatic rings. The first-order chi connectivity index (χ1) is 11.0. The summed E-state index contributed by atoms with van der Waals surface area (Å²) in [7, 11) is -5.55. The van der Waals surface area contributed by atoms with Crippen molar-refractivity contribution in [2.45, 2.75) is 32.7 Å². The summed E-state index contributed by atoms with van der Waals surface area (Å²) in [6.45, 7) is 5.83. The number of alkyl halides is 3. The molecular weight excluding hydrogens is 369 g/mol. The zero-order valence-electron chi connectivity index (χ0n) is 13.3. The number of nitrogens with zero attached hydrogens (tertiary/aromatic N) is 1. The largest absolute Gasteiger partial charge is 0.516 e. The maximum Gasteiger partial charge on any atom is 0.516 e. The average molecular weight is 387 g/mol. The summed E-state index contributed by atoms with van der Waals surface area (Å²) < 4.78 is 61.9. The fourth-order valence-corrected chi connectivity index (χ4v) is 2.37. The normalized spacial score (nSPS) is 13.2. The van der Waals surface area contributed by atoms with E-state index in [0.717, 1.165) is 6.07 Å². The van der Waals surface area contributed by atoms with Crippen molar-refractivity contribution in [1.82, 2.24) is 0 Å². The fraction of sp³-hybridized carbons (Fsp3) is 0.500. The van der Waals surface area contributed by atoms with E-state index in [2.05, 4.69) is 5.16 Å². The molecule has 0 fully saturated rings. The van der Waals surface area contributed by atoms with E-state index < -0.39 is 15.5 Å². The summed E-state index contributed by atoms with van der Waals surface area (Å²) in [5.41, 5.74) is -5.30. The number of halogens is 4. The Hall–Kier alpha value is -1.48. The van der Waals surface area contributed by atoms with E-state index >= 15 is 0 Å². The molecular formula is C14H18ClF3N2O3S. The van der Waals surface area contributed by atoms with Crippen LogP contribution in [0.3, 0.4) is 0 Å². The molecule has 0 saturated heterocycles. The van der Waals surface area contributed by atoms with Crippen LogP contribution in [0.2, 0.25) is 5.02 Å². The summed E-state index contributed by atoms with van der Waals surface area (Å²) in [6.07, 6.45) is 0.305. The number of sulfonamides is 1. The molecule has 0 bridgehead atoms. The summed E-state index contributed by atoms with van der Waals surface area (Å²) in [5.74, 6) is 0.203. The quantitative estimate of drug-likeness (QED) is 0.558. The van der Waals surface area contributed by atoms with Crippen LogP contribution in [0.25, 0.3) is 0 Å². The second-order valence-corrected chi connectivity index (χ2v) is 7.43. The monoisotopic (exact) mass is 386 g/mol. The maximum atomic E-state index is 12.6. The summed E-state index contributed by atoms with van der Waals surface area (Å²) in [6, 6.07) is 3.76. The second kappa shape index (κ2) is 8.06. The first kappa shape index (κ1) is 20.6. The Morgan fingerprint density at radius 3 is 2.50 bits per heavy atom. The van der Waals surface area contributed by atoms with Crippen molar-refractivity contribution in [1.29, 1.82) is 0 Å². The average Bonchev–Trinajstić information content (AvgIpc) is 2.44. The number of hydrogen-bond donors (Lipinski definition) is 1. The van der Waals surface area contributed by atoms with Gasteiger partial charge < -0.3 is 4.84 Å². The van der Waals surface area contributed by atoms with E-state index in [1.165, 1.54) is 16.9 Å². The fourth-order valence-electron chi connectivity index (χ4n) is 1.62. The van der Waals surface area contributed by atoms with Gasteiger partial charge in [-0.1, -0.05) is 37.5 Å². The molecule has 24 heavy (non-hydrogen) atoms. The van der Waals surface area contributed by atoms with Gasteiger partial charge in [0.2, 0.25) is 0 Å². The molecule has 0 atom stereocenters. The number of benzene rings is 1. The zero-order chi connectivity index (χ0) is 18.5. The van der Waals surface area contributed by atoms with Crippen LogP contribution in [0.15, 0.2) is 23.4 Å². The number of nitrogens with one attached hydrogen (secondary N) is 1. The van der Waals surface area contributed by atoms with Crippen LogP contribution in [-0.4, -0.2) is 26.2 Å². The minimum Gasteiger partial charge on any atom is -0.395 e. The molecule has 0 spiro atoms. The Balaban J connectivity index is 3.25. The lowest BCUT2D eigenvalue weighted by Crippen LogP contribution is -2.30. The molecule has 0 saturated carbocycles. The Kier molecular flexibility index (Phi) is 6.91. The third-order valence-electron chi connectivity index (χ3n) is 2.76. The zero-order valence-corrected chi connectivity index (χ0v) is 14.9. The molecule has 136 valence electrons. The van der Waals surface area contributed by atoms with Crippen LogP contribution in [0, 0.1) is 5.92 Å². The van der Waals surface area contributed by atoms with Gasteiger partial charge in [-0.25, -0.2) is 0 Å². The van der Waals surface area contributed by atoms with Crippen molar-refractivity contribution < 1.29 is 26.4 Å². The molecule has 0 radical (unpaired) electrons. The molecule has 5 nitrogen and oxygen atoms in total. The minimum atomic E-state index is -5.55. The van der Waals surface area contributed by atoms with Gasteiger partial charge in [0.1, 0.15) is 6.61 Å². The van der Waals surface area contributed by atoms with E-state index in [4.69, 9.17) is 16.4 Å². The predicted octanol–water partition coefficient (Wildman–Crippen LogP) is 4.39. The maximum absolute atomic E-state index is 12.6. The van der Waals surface area contributed by atoms with Crippen molar-refractivity contribution in [3.05, 3.63) is 28.8 Å². The molecule has 0 heterocycles. The van der Waals surface area contributed by atoms with E-state index in [9.17, 15) is 21.6 Å². The molecule has 0 aromatic heterocycles. The number of hydrogen-bond acceptors (Lipinski definition) is 4. The van der Waals surface area contributed by atoms with E-state index in [-0.39, 0.29) is 27.9 Å². The van der Waals surface area contributed by atoms with Crippen molar-refractivity contribution in [2.24, 2.45) is 11.1 Å². The molecule has 0 aliphatic rings. The Bertz CT molecular complexity index is 704. The lowest BCUT2D eigenvalue weighted by molar-refractivity contribution is -0.0429. The Morgan fingerprint density at radius 1 is 1.38 bits per heavy atom. The standard InChI is InChI=1S/C14H18ClF3N2O3S/c1-4-12(19-23-8-9(2)3)11-7-10(15)5-6-13(11)20-24(21,22)14(16,17)18/h5-7,9,20H,4,8H2,1-3H3. The van der Waals surface area contributed by atoms with Crippen LogP contribution in [0.5, 0.6) is 0 Å². The van der Waals surface area contributed by atoms with Crippen LogP contribution in [0.4, 0.5) is 18.9 Å². The van der Waals surface area contributed by atoms with Gasteiger partial charge in [0.15, 0.2) is 0 Å². The van der Waals surface area contributed by atoms with Crippen molar-refractivity contribution in [3.8, 4) is 0 Å². The molecule has 0 amide bonds. The van der Waals surface area contributed by atoms with E-state index in [0.29, 0.717) is 13.0 Å². The van der Waals surface area contributed by atoms with Crippen molar-refractivity contribution in [3.63, 3.8) is 0 Å². The minimum absolute atomic E-state index is 0.126. The van der Waals surface area contributed by atoms with Gasteiger partial charge in [-0.15, -0.1) is 0 Å². The molecule has 1 aromatic carbocycles. The van der Waals surface area contributed by atoms with Gasteiger partial charge in [0.05, 0.1) is 11.4 Å². The predicted molar refractivity (Wildman–Crippen MR) is 87.7 cm³/mol. The summed E-state index contributed by atoms with van der Waals surface area (Å²) in [4.78, 5) is 5.14. The van der Waals surface area contributed by atoms with Gasteiger partial charge >= 0.3 is 15.5 Å². The Morgan fingerprint density at radius 2 is 2.00 bits per heavy atom. The van der Waals surface area contributed by atoms with Gasteiger partial charge in [-0.3, -0.25) is 4.72 Å². The SMILES string of the molecule is CCC(=NOCC(C)C)c1cc(Cl)ccc1NS(=O)(=O)C(F)(F)F. The topological polar surface area (TPSA) is 67.8 Å². The van der Waals surface area contributed by atoms with E-state index in [1.54, 1.807) is 6.92 Å². The van der Waals surface area contributed by atoms with Crippen LogP contribution in [-0.2, 0) is 14.9 Å². The van der Waals surface area contributed by atoms with Crippen LogP contribution >= 0.6 is 11.6 Å². The first-order valence-electron chi connectivity index (χ1n) is 7.05. The molecule has 0 aliphatic heterocycles. The first-order valence-corrected chi connectivity index (χ1v) is 8.92. The third-order valence-corrected chi connectivity index (χ3v) is 4.09. The lowest BCUT2D eigenvalue weighted by atomic mass is 10.1. The second-order valence-electron chi connectivity index (χ2n) is 5.32. The highest BCUT2D eigenvalue weighted by Crippen LogP contribution is 2.29. The van der Waals surface area contributed by atoms with Crippen LogP contribution in [0.1, 0.15) is 32.8 Å². The van der Waals surface area contributed by atoms with Gasteiger partial charge in [0.25, 0.3) is 0 Å². The van der Waals surface area contributed by atoms with Gasteiger partial charge in [-0.2, -0.15) is 21.6 Å². The van der Waals surface area contributed by atoms with Gasteiger partial charge in [0, 0.05) is 10.6 Å². The highest BCUT2D eigenvalue weighted by atomic mass is 35.5. The summed E-state index contributed by atoms with van der Waals surface area (Å²) >= 11 is 5.87. The summed E-state index contributed by atoms with van der Waals surface area (Å²) in [5, 5.41) is 4.12. The van der Waals surface area contributed by atoms with Crippen LogP contribution < -0.4 is 4.72 Å². The number of anilines is 1. The van der Waals surface area contributed by atoms with Crippen molar-refractivity contribution >= 4 is 33.0 Å². The third kappa shape index (κ3) is 5.55. The molecule has 0 unspecified atom stereocenters. The molecule has 0 aliphatic carbocycles. The lowest BCUT2D eigenvalue weighted by Gasteiger charge is -2.15. The molecule has 1 N–H and O–H groups in total. The van der Waals surface area contributed by atoms with Gasteiger partial charge in [-0.05, 0) is 30.5 Å². The van der Waals surface area contributed by atoms with Crippen molar-refractivity contribution in [2.75, 3.05) is 11.3 Å². The highest BCUT2D eigenvalue weighted by molar-refractivity contribution is 7.93. The molecule has 10 heteroatoms. The molecule has 1 rings (SSSR count). The number of oxime groups is 1. The number of rotatable bonds is 7.